The lowest BCUT2D eigenvalue weighted by Gasteiger charge is -2.14. The molecule has 22 nitrogen and oxygen atoms in total. The number of hydrogen-bond acceptors (Lipinski definition) is 13. The number of aliphatic hydroxyl groups is 1. The van der Waals surface area contributed by atoms with E-state index < -0.39 is 46.9 Å². The molecule has 0 aliphatic carbocycles. The Bertz CT molecular complexity index is 800. The van der Waals surface area contributed by atoms with Crippen LogP contribution in [0.15, 0.2) is 0 Å². The van der Waals surface area contributed by atoms with E-state index in [4.69, 9.17) is 49.1 Å². The molecule has 0 aliphatic heterocycles. The second-order valence-electron chi connectivity index (χ2n) is 3.67. The lowest BCUT2D eigenvalue weighted by molar-refractivity contribution is 0.189. The zero-order valence-corrected chi connectivity index (χ0v) is 21.4. The molecule has 0 radical (unpaired) electrons. The van der Waals surface area contributed by atoms with Gasteiger partial charge in [0.1, 0.15) is 0 Å². The Morgan fingerprint density at radius 2 is 0.525 bits per heavy atom. The third kappa shape index (κ3) is 71.7. The van der Waals surface area contributed by atoms with Gasteiger partial charge in [-0.3, -0.25) is 13.6 Å². The van der Waals surface area contributed by atoms with Gasteiger partial charge in [0.25, 0.3) is 0 Å². The van der Waals surface area contributed by atoms with Gasteiger partial charge in [-0.25, -0.2) is 27.4 Å². The van der Waals surface area contributed by atoms with E-state index >= 15 is 0 Å². The van der Waals surface area contributed by atoms with Crippen molar-refractivity contribution in [3.8, 4) is 0 Å². The molecule has 0 aromatic carbocycles. The fraction of sp³-hybridized carbons (Fsp3) is 1.00. The summed E-state index contributed by atoms with van der Waals surface area (Å²) in [6.45, 7) is 0. The standard InChI is InChI=1S/CH7O10P3.CH6O7P2.CH5O4P.CH4O.8CH4/c1-9-13(5,6)11-14(7,8)10-12(2,3)4;1-7-10(5,6)8-9(2,3)4;1-5-6(2,3)4;1-2;;;;;;;;/h1H3,(H,5,6)(H,7,8)(H2,2,3,4);1H3,(H,5,6)(H2,2,3,4);1H3,(H2,2,3,4);2H,1H3;8*1H4. The van der Waals surface area contributed by atoms with Crippen molar-refractivity contribution in [3.63, 3.8) is 0 Å². The molecule has 0 fully saturated rings. The zero-order chi connectivity index (χ0) is 27.2. The van der Waals surface area contributed by atoms with Gasteiger partial charge in [-0.15, -0.1) is 0 Å². The van der Waals surface area contributed by atoms with Gasteiger partial charge in [-0.2, -0.15) is 12.9 Å². The Hall–Kier alpha value is 0.740. The summed E-state index contributed by atoms with van der Waals surface area (Å²) >= 11 is 0. The van der Waals surface area contributed by atoms with E-state index in [2.05, 4.69) is 26.5 Å². The van der Waals surface area contributed by atoms with Crippen molar-refractivity contribution in [1.29, 1.82) is 0 Å². The summed E-state index contributed by atoms with van der Waals surface area (Å²) in [4.78, 5) is 72.8. The maximum Gasteiger partial charge on any atom is 0.490 e. The van der Waals surface area contributed by atoms with Gasteiger partial charge in [0.15, 0.2) is 0 Å². The van der Waals surface area contributed by atoms with Crippen LogP contribution in [0.5, 0.6) is 0 Å². The van der Waals surface area contributed by atoms with Gasteiger partial charge < -0.3 is 49.1 Å². The van der Waals surface area contributed by atoms with E-state index in [1.54, 1.807) is 0 Å². The molecule has 0 amide bonds. The molecule has 0 aliphatic rings. The number of rotatable bonds is 9. The first-order valence-electron chi connectivity index (χ1n) is 6.21. The molecule has 40 heavy (non-hydrogen) atoms. The summed E-state index contributed by atoms with van der Waals surface area (Å²) in [5.74, 6) is 0. The van der Waals surface area contributed by atoms with Crippen molar-refractivity contribution in [1.82, 2.24) is 0 Å². The first-order chi connectivity index (χ1) is 13.8. The molecule has 264 valence electrons. The maximum absolute atomic E-state index is 10.6. The van der Waals surface area contributed by atoms with Crippen LogP contribution < -0.4 is 0 Å². The summed E-state index contributed by atoms with van der Waals surface area (Å²) in [5, 5.41) is 7.00. The summed E-state index contributed by atoms with van der Waals surface area (Å²) in [5.41, 5.74) is 0. The van der Waals surface area contributed by atoms with Gasteiger partial charge in [0.05, 0.1) is 0 Å². The molecule has 28 heteroatoms. The zero-order valence-electron chi connectivity index (χ0n) is 16.1. The minimum atomic E-state index is -5.35. The Labute approximate surface area is 238 Å². The van der Waals surface area contributed by atoms with Crippen LogP contribution >= 0.6 is 46.9 Å². The third-order valence-corrected chi connectivity index (χ3v) is 7.73. The van der Waals surface area contributed by atoms with Crippen molar-refractivity contribution < 1.29 is 103 Å². The van der Waals surface area contributed by atoms with Crippen LogP contribution in [0.1, 0.15) is 59.4 Å². The molecule has 10 N–H and O–H groups in total. The fourth-order valence-corrected chi connectivity index (χ4v) is 4.60. The maximum atomic E-state index is 10.6. The molecule has 0 aromatic rings. The fourth-order valence-electron chi connectivity index (χ4n) is 0.481. The van der Waals surface area contributed by atoms with Crippen LogP contribution in [0, 0.1) is 0 Å². The summed E-state index contributed by atoms with van der Waals surface area (Å²) in [6.07, 6.45) is 0. The number of hydrogen-bond donors (Lipinski definition) is 10. The third-order valence-electron chi connectivity index (χ3n) is 1.32. The highest BCUT2D eigenvalue weighted by molar-refractivity contribution is 7.66. The average molecular weight is 736 g/mol. The molecule has 0 bridgehead atoms. The van der Waals surface area contributed by atoms with E-state index in [9.17, 15) is 27.4 Å². The van der Waals surface area contributed by atoms with Gasteiger partial charge in [0.2, 0.25) is 0 Å². The van der Waals surface area contributed by atoms with E-state index in [0.717, 1.165) is 21.3 Å². The molecular formula is C12H54O22P6. The lowest BCUT2D eigenvalue weighted by Crippen LogP contribution is -1.93. The molecule has 0 heterocycles. The van der Waals surface area contributed by atoms with Crippen LogP contribution in [0.25, 0.3) is 0 Å². The lowest BCUT2D eigenvalue weighted by atomic mass is 11.8. The monoisotopic (exact) mass is 736 g/mol. The smallest absolute Gasteiger partial charge is 0.400 e. The highest BCUT2D eigenvalue weighted by Crippen LogP contribution is 2.66. The van der Waals surface area contributed by atoms with E-state index in [1.807, 2.05) is 0 Å². The predicted molar refractivity (Wildman–Crippen MR) is 152 cm³/mol. The van der Waals surface area contributed by atoms with Crippen molar-refractivity contribution in [2.75, 3.05) is 28.4 Å². The molecule has 3 unspecified atom stereocenters. The van der Waals surface area contributed by atoms with Crippen LogP contribution in [0.3, 0.4) is 0 Å². The van der Waals surface area contributed by atoms with Crippen molar-refractivity contribution in [3.05, 3.63) is 0 Å². The van der Waals surface area contributed by atoms with Crippen molar-refractivity contribution >= 4 is 46.9 Å². The predicted octanol–water partition coefficient (Wildman–Crippen LogP) is 4.22. The number of phosphoric ester groups is 3. The Kier molecular flexibility index (Phi) is 63.6. The highest BCUT2D eigenvalue weighted by atomic mass is 31.3. The Morgan fingerprint density at radius 1 is 0.350 bits per heavy atom. The number of phosphoric acid groups is 6. The molecule has 0 rings (SSSR count). The average Bonchev–Trinajstić information content (AvgIpc) is 2.52. The highest BCUT2D eigenvalue weighted by Gasteiger charge is 2.39. The summed E-state index contributed by atoms with van der Waals surface area (Å²) in [7, 11) is -25.8. The molecule has 0 saturated heterocycles. The largest absolute Gasteiger partial charge is 0.490 e. The number of aliphatic hydroxyl groups excluding tert-OH is 1. The molecule has 0 aromatic heterocycles. The topological polar surface area (TPSA) is 360 Å². The first-order valence-corrected chi connectivity index (χ1v) is 15.3. The van der Waals surface area contributed by atoms with E-state index in [-0.39, 0.29) is 59.4 Å². The van der Waals surface area contributed by atoms with E-state index in [0.29, 0.717) is 7.11 Å². The van der Waals surface area contributed by atoms with Gasteiger partial charge in [-0.1, -0.05) is 59.4 Å². The van der Waals surface area contributed by atoms with Crippen molar-refractivity contribution in [2.24, 2.45) is 0 Å². The molecule has 0 saturated carbocycles. The quantitative estimate of drug-likeness (QED) is 0.148. The van der Waals surface area contributed by atoms with Crippen LogP contribution in [-0.4, -0.2) is 77.6 Å². The second kappa shape index (κ2) is 32.6. The van der Waals surface area contributed by atoms with Crippen LogP contribution in [0.4, 0.5) is 0 Å². The SMILES string of the molecule is C.C.C.C.C.C.C.C.CO.COP(=O)(O)O.COP(=O)(O)OP(=O)(O)O.COP(=O)(O)OP(=O)(O)OP(=O)(O)O. The Balaban J connectivity index is -0.0000000273. The second-order valence-corrected chi connectivity index (χ2v) is 12.5. The van der Waals surface area contributed by atoms with Gasteiger partial charge in [-0.05, 0) is 0 Å². The van der Waals surface area contributed by atoms with E-state index in [1.165, 1.54) is 0 Å². The molecule has 3 atom stereocenters. The van der Waals surface area contributed by atoms with Gasteiger partial charge in [0, 0.05) is 28.4 Å². The van der Waals surface area contributed by atoms with Gasteiger partial charge >= 0.3 is 46.9 Å². The first kappa shape index (κ1) is 77.9. The minimum absolute atomic E-state index is 0. The van der Waals surface area contributed by atoms with Crippen LogP contribution in [0.2, 0.25) is 0 Å². The van der Waals surface area contributed by atoms with Crippen LogP contribution in [-0.2, 0) is 53.9 Å². The summed E-state index contributed by atoms with van der Waals surface area (Å²) in [6, 6.07) is 0. The minimum Gasteiger partial charge on any atom is -0.400 e. The normalized spacial score (nSPS) is 13.9. The molecule has 0 spiro atoms. The Morgan fingerprint density at radius 3 is 0.650 bits per heavy atom. The summed E-state index contributed by atoms with van der Waals surface area (Å²) < 4.78 is 81.8. The van der Waals surface area contributed by atoms with Crippen molar-refractivity contribution in [2.45, 2.75) is 59.4 Å². The molecular weight excluding hydrogens is 682 g/mol.